The largest absolute Gasteiger partial charge is 0.301 e. The molecule has 9 heteroatoms. The highest BCUT2D eigenvalue weighted by Crippen LogP contribution is 2.25. The molecule has 29 heavy (non-hydrogen) atoms. The van der Waals surface area contributed by atoms with Crippen LogP contribution in [-0.2, 0) is 11.3 Å². The number of aromatic nitrogens is 5. The normalized spacial score (nSPS) is 10.8. The van der Waals surface area contributed by atoms with E-state index >= 15 is 0 Å². The van der Waals surface area contributed by atoms with Crippen molar-refractivity contribution in [3.05, 3.63) is 71.5 Å². The van der Waals surface area contributed by atoms with Gasteiger partial charge < -0.3 is 5.32 Å². The van der Waals surface area contributed by atoms with E-state index in [-0.39, 0.29) is 11.7 Å². The van der Waals surface area contributed by atoms with Gasteiger partial charge in [-0.1, -0.05) is 42.1 Å². The number of nitrogens with one attached hydrogen (secondary N) is 1. The SMILES string of the molecule is Cc1csc(NC(=O)CSc2nnc(-c3cccnc3)n2Cc2ccccc2)n1. The van der Waals surface area contributed by atoms with Crippen molar-refractivity contribution in [1.82, 2.24) is 24.7 Å². The average Bonchev–Trinajstić information content (AvgIpc) is 3.33. The van der Waals surface area contributed by atoms with E-state index in [0.717, 1.165) is 22.6 Å². The Labute approximate surface area is 176 Å². The van der Waals surface area contributed by atoms with Gasteiger partial charge in [-0.15, -0.1) is 21.5 Å². The lowest BCUT2D eigenvalue weighted by atomic mass is 10.2. The molecule has 0 saturated carbocycles. The second-order valence-corrected chi connectivity index (χ2v) is 8.05. The minimum absolute atomic E-state index is 0.124. The van der Waals surface area contributed by atoms with Gasteiger partial charge in [0.25, 0.3) is 0 Å². The van der Waals surface area contributed by atoms with E-state index in [0.29, 0.717) is 16.8 Å². The van der Waals surface area contributed by atoms with Crippen LogP contribution in [0, 0.1) is 6.92 Å². The fourth-order valence-electron chi connectivity index (χ4n) is 2.71. The number of nitrogens with zero attached hydrogens (tertiary/aromatic N) is 5. The predicted octanol–water partition coefficient (Wildman–Crippen LogP) is 3.88. The minimum atomic E-state index is -0.124. The first-order valence-corrected chi connectivity index (χ1v) is 10.8. The summed E-state index contributed by atoms with van der Waals surface area (Å²) >= 11 is 2.76. The first-order valence-electron chi connectivity index (χ1n) is 8.91. The first kappa shape index (κ1) is 19.3. The molecule has 0 saturated heterocycles. The number of hydrogen-bond acceptors (Lipinski definition) is 7. The maximum absolute atomic E-state index is 12.3. The van der Waals surface area contributed by atoms with Crippen LogP contribution in [0.25, 0.3) is 11.4 Å². The number of thiazole rings is 1. The molecule has 7 nitrogen and oxygen atoms in total. The van der Waals surface area contributed by atoms with E-state index < -0.39 is 0 Å². The zero-order valence-corrected chi connectivity index (χ0v) is 17.3. The minimum Gasteiger partial charge on any atom is -0.301 e. The van der Waals surface area contributed by atoms with Crippen LogP contribution in [0.15, 0.2) is 65.4 Å². The Bertz CT molecular complexity index is 1090. The number of thioether (sulfide) groups is 1. The van der Waals surface area contributed by atoms with Gasteiger partial charge in [0.2, 0.25) is 5.91 Å². The summed E-state index contributed by atoms with van der Waals surface area (Å²) in [6, 6.07) is 13.9. The molecule has 0 radical (unpaired) electrons. The summed E-state index contributed by atoms with van der Waals surface area (Å²) in [5.74, 6) is 0.820. The van der Waals surface area contributed by atoms with Crippen LogP contribution >= 0.6 is 23.1 Å². The third kappa shape index (κ3) is 4.87. The summed E-state index contributed by atoms with van der Waals surface area (Å²) in [6.07, 6.45) is 3.49. The van der Waals surface area contributed by atoms with Crippen molar-refractivity contribution in [3.63, 3.8) is 0 Å². The molecule has 0 fully saturated rings. The van der Waals surface area contributed by atoms with Gasteiger partial charge >= 0.3 is 0 Å². The lowest BCUT2D eigenvalue weighted by molar-refractivity contribution is -0.113. The molecule has 0 aliphatic carbocycles. The summed E-state index contributed by atoms with van der Waals surface area (Å²) < 4.78 is 2.01. The van der Waals surface area contributed by atoms with Gasteiger partial charge in [-0.25, -0.2) is 4.98 Å². The number of benzene rings is 1. The quantitative estimate of drug-likeness (QED) is 0.455. The standard InChI is InChI=1S/C20H18N6OS2/c1-14-12-28-19(22-14)23-17(27)13-29-20-25-24-18(16-8-5-9-21-10-16)26(20)11-15-6-3-2-4-7-15/h2-10,12H,11,13H2,1H3,(H,22,23,27). The summed E-state index contributed by atoms with van der Waals surface area (Å²) in [6.45, 7) is 2.50. The Hall–Kier alpha value is -3.04. The van der Waals surface area contributed by atoms with E-state index in [1.807, 2.05) is 47.2 Å². The fourth-order valence-corrected chi connectivity index (χ4v) is 4.15. The van der Waals surface area contributed by atoms with Gasteiger partial charge in [-0.2, -0.15) is 0 Å². The summed E-state index contributed by atoms with van der Waals surface area (Å²) in [5, 5.41) is 14.7. The van der Waals surface area contributed by atoms with Gasteiger partial charge in [0.05, 0.1) is 18.0 Å². The zero-order valence-electron chi connectivity index (χ0n) is 15.6. The van der Waals surface area contributed by atoms with Crippen LogP contribution < -0.4 is 5.32 Å². The van der Waals surface area contributed by atoms with Crippen molar-refractivity contribution in [3.8, 4) is 11.4 Å². The summed E-state index contributed by atoms with van der Waals surface area (Å²) in [5.41, 5.74) is 2.90. The number of carbonyl (C=O) groups excluding carboxylic acids is 1. The third-order valence-electron chi connectivity index (χ3n) is 4.02. The van der Waals surface area contributed by atoms with Crippen LogP contribution in [0.2, 0.25) is 0 Å². The number of rotatable bonds is 7. The van der Waals surface area contributed by atoms with Crippen LogP contribution in [-0.4, -0.2) is 36.4 Å². The van der Waals surface area contributed by atoms with Crippen molar-refractivity contribution >= 4 is 34.1 Å². The zero-order chi connectivity index (χ0) is 20.1. The maximum atomic E-state index is 12.3. The molecule has 3 aromatic heterocycles. The third-order valence-corrected chi connectivity index (χ3v) is 5.86. The molecule has 0 aliphatic rings. The van der Waals surface area contributed by atoms with E-state index in [4.69, 9.17) is 0 Å². The molecule has 1 N–H and O–H groups in total. The molecule has 0 aliphatic heterocycles. The van der Waals surface area contributed by atoms with Crippen molar-refractivity contribution < 1.29 is 4.79 Å². The second-order valence-electron chi connectivity index (χ2n) is 6.25. The van der Waals surface area contributed by atoms with Gasteiger partial charge in [-0.3, -0.25) is 14.3 Å². The van der Waals surface area contributed by atoms with Crippen molar-refractivity contribution in [2.24, 2.45) is 0 Å². The van der Waals surface area contributed by atoms with Gasteiger partial charge in [0, 0.05) is 23.3 Å². The second kappa shape index (κ2) is 8.97. The van der Waals surface area contributed by atoms with Crippen LogP contribution in [0.5, 0.6) is 0 Å². The van der Waals surface area contributed by atoms with Crippen molar-refractivity contribution in [2.45, 2.75) is 18.6 Å². The molecule has 1 aromatic carbocycles. The molecule has 0 bridgehead atoms. The molecular weight excluding hydrogens is 404 g/mol. The lowest BCUT2D eigenvalue weighted by Gasteiger charge is -2.10. The molecule has 146 valence electrons. The predicted molar refractivity (Wildman–Crippen MR) is 115 cm³/mol. The molecule has 3 heterocycles. The molecule has 4 rings (SSSR count). The van der Waals surface area contributed by atoms with Crippen LogP contribution in [0.4, 0.5) is 5.13 Å². The highest BCUT2D eigenvalue weighted by atomic mass is 32.2. The number of hydrogen-bond donors (Lipinski definition) is 1. The van der Waals surface area contributed by atoms with Crippen molar-refractivity contribution in [1.29, 1.82) is 0 Å². The summed E-state index contributed by atoms with van der Waals surface area (Å²) in [7, 11) is 0. The number of pyridine rings is 1. The highest BCUT2D eigenvalue weighted by Gasteiger charge is 2.16. The molecular formula is C20H18N6OS2. The van der Waals surface area contributed by atoms with Crippen LogP contribution in [0.1, 0.15) is 11.3 Å². The first-order chi connectivity index (χ1) is 14.2. The van der Waals surface area contributed by atoms with Crippen LogP contribution in [0.3, 0.4) is 0 Å². The Morgan fingerprint density at radius 2 is 2.03 bits per heavy atom. The van der Waals surface area contributed by atoms with Gasteiger partial charge in [0.1, 0.15) is 0 Å². The number of amides is 1. The molecule has 1 amide bonds. The Balaban J connectivity index is 1.54. The number of carbonyl (C=O) groups is 1. The van der Waals surface area contributed by atoms with E-state index in [2.05, 4.69) is 37.6 Å². The molecule has 0 atom stereocenters. The summed E-state index contributed by atoms with van der Waals surface area (Å²) in [4.78, 5) is 20.8. The van der Waals surface area contributed by atoms with E-state index in [9.17, 15) is 4.79 Å². The Kier molecular flexibility index (Phi) is 5.97. The lowest BCUT2D eigenvalue weighted by Crippen LogP contribution is -2.14. The fraction of sp³-hybridized carbons (Fsp3) is 0.150. The van der Waals surface area contributed by atoms with Gasteiger partial charge in [0.15, 0.2) is 16.1 Å². The topological polar surface area (TPSA) is 85.6 Å². The van der Waals surface area contributed by atoms with Gasteiger partial charge in [-0.05, 0) is 24.6 Å². The molecule has 4 aromatic rings. The molecule has 0 unspecified atom stereocenters. The smallest absolute Gasteiger partial charge is 0.236 e. The monoisotopic (exact) mass is 422 g/mol. The highest BCUT2D eigenvalue weighted by molar-refractivity contribution is 7.99. The van der Waals surface area contributed by atoms with Crippen molar-refractivity contribution in [2.75, 3.05) is 11.1 Å². The number of anilines is 1. The Morgan fingerprint density at radius 1 is 1.17 bits per heavy atom. The van der Waals surface area contributed by atoms with E-state index in [1.54, 1.807) is 12.4 Å². The maximum Gasteiger partial charge on any atom is 0.236 e. The number of aryl methyl sites for hydroxylation is 1. The molecule has 0 spiro atoms. The Morgan fingerprint density at radius 3 is 2.76 bits per heavy atom. The van der Waals surface area contributed by atoms with E-state index in [1.165, 1.54) is 23.1 Å². The average molecular weight is 423 g/mol.